The molecule has 0 unspecified atom stereocenters. The van der Waals surface area contributed by atoms with Crippen LogP contribution in [0.15, 0.2) is 24.3 Å². The monoisotopic (exact) mass is 305 g/mol. The van der Waals surface area contributed by atoms with Crippen LogP contribution in [0.4, 0.5) is 16.2 Å². The molecule has 0 atom stereocenters. The van der Waals surface area contributed by atoms with Crippen LogP contribution in [-0.4, -0.2) is 33.7 Å². The van der Waals surface area contributed by atoms with Crippen LogP contribution in [0.5, 0.6) is 0 Å². The Morgan fingerprint density at radius 2 is 1.82 bits per heavy atom. The molecule has 0 bridgehead atoms. The molecule has 1 saturated carbocycles. The van der Waals surface area contributed by atoms with E-state index in [0.29, 0.717) is 6.04 Å². The highest BCUT2D eigenvalue weighted by molar-refractivity contribution is 5.67. The number of anilines is 2. The van der Waals surface area contributed by atoms with Crippen LogP contribution >= 0.6 is 0 Å². The SMILES string of the molecule is CC(C)(C)N(C(=O)O)[C@H]1CC[C@H](Nc2ccccc2N)CC1. The lowest BCUT2D eigenvalue weighted by Gasteiger charge is -2.43. The fourth-order valence-electron chi connectivity index (χ4n) is 3.32. The first kappa shape index (κ1) is 16.5. The Bertz CT molecular complexity index is 517. The van der Waals surface area contributed by atoms with Gasteiger partial charge in [-0.1, -0.05) is 12.1 Å². The Morgan fingerprint density at radius 1 is 1.23 bits per heavy atom. The number of nitrogen functional groups attached to an aromatic ring is 1. The maximum absolute atomic E-state index is 11.6. The molecule has 22 heavy (non-hydrogen) atoms. The van der Waals surface area contributed by atoms with Gasteiger partial charge in [0.15, 0.2) is 0 Å². The topological polar surface area (TPSA) is 78.6 Å². The average Bonchev–Trinajstić information content (AvgIpc) is 2.41. The Kier molecular flexibility index (Phi) is 4.84. The van der Waals surface area contributed by atoms with Crippen molar-refractivity contribution in [3.63, 3.8) is 0 Å². The van der Waals surface area contributed by atoms with Gasteiger partial charge in [0.25, 0.3) is 0 Å². The van der Waals surface area contributed by atoms with Crippen LogP contribution in [0.1, 0.15) is 46.5 Å². The largest absolute Gasteiger partial charge is 0.465 e. The summed E-state index contributed by atoms with van der Waals surface area (Å²) in [6.07, 6.45) is 2.86. The van der Waals surface area contributed by atoms with Crippen LogP contribution in [0.2, 0.25) is 0 Å². The van der Waals surface area contributed by atoms with E-state index >= 15 is 0 Å². The molecule has 1 aromatic carbocycles. The molecule has 1 aromatic rings. The lowest BCUT2D eigenvalue weighted by atomic mass is 9.88. The van der Waals surface area contributed by atoms with Crippen molar-refractivity contribution in [1.29, 1.82) is 0 Å². The van der Waals surface area contributed by atoms with Crippen molar-refractivity contribution in [3.05, 3.63) is 24.3 Å². The van der Waals surface area contributed by atoms with Crippen molar-refractivity contribution in [3.8, 4) is 0 Å². The molecule has 0 aliphatic heterocycles. The van der Waals surface area contributed by atoms with Gasteiger partial charge in [0, 0.05) is 17.6 Å². The smallest absolute Gasteiger partial charge is 0.407 e. The maximum atomic E-state index is 11.6. The zero-order chi connectivity index (χ0) is 16.3. The van der Waals surface area contributed by atoms with Crippen LogP contribution in [-0.2, 0) is 0 Å². The zero-order valence-electron chi connectivity index (χ0n) is 13.7. The number of para-hydroxylation sites is 2. The number of nitrogens with one attached hydrogen (secondary N) is 1. The van der Waals surface area contributed by atoms with Crippen molar-refractivity contribution in [2.45, 2.75) is 64.1 Å². The van der Waals surface area contributed by atoms with Gasteiger partial charge in [0.1, 0.15) is 0 Å². The molecule has 122 valence electrons. The van der Waals surface area contributed by atoms with Crippen molar-refractivity contribution >= 4 is 17.5 Å². The lowest BCUT2D eigenvalue weighted by molar-refractivity contribution is 0.0557. The molecule has 0 aromatic heterocycles. The Balaban J connectivity index is 1.95. The highest BCUT2D eigenvalue weighted by Gasteiger charge is 2.35. The predicted molar refractivity (Wildman–Crippen MR) is 90.1 cm³/mol. The number of carboxylic acid groups (broad SMARTS) is 1. The summed E-state index contributed by atoms with van der Waals surface area (Å²) in [5.41, 5.74) is 7.33. The van der Waals surface area contributed by atoms with Crippen molar-refractivity contribution in [2.24, 2.45) is 0 Å². The number of benzene rings is 1. The molecular formula is C17H27N3O2. The number of nitrogens with two attached hydrogens (primary N) is 1. The lowest BCUT2D eigenvalue weighted by Crippen LogP contribution is -2.52. The van der Waals surface area contributed by atoms with E-state index in [2.05, 4.69) is 5.32 Å². The van der Waals surface area contributed by atoms with Crippen LogP contribution < -0.4 is 11.1 Å². The Morgan fingerprint density at radius 3 is 2.32 bits per heavy atom. The standard InChI is InChI=1S/C17H27N3O2/c1-17(2,3)20(16(21)22)13-10-8-12(9-11-13)19-15-7-5-4-6-14(15)18/h4-7,12-13,19H,8-11,18H2,1-3H3,(H,21,22)/t12-,13-. The zero-order valence-corrected chi connectivity index (χ0v) is 13.7. The van der Waals surface area contributed by atoms with Crippen LogP contribution in [0, 0.1) is 0 Å². The molecule has 0 radical (unpaired) electrons. The van der Waals surface area contributed by atoms with Gasteiger partial charge in [-0.15, -0.1) is 0 Å². The van der Waals surface area contributed by atoms with E-state index in [4.69, 9.17) is 5.73 Å². The number of amides is 1. The van der Waals surface area contributed by atoms with Gasteiger partial charge in [-0.25, -0.2) is 4.79 Å². The van der Waals surface area contributed by atoms with E-state index in [1.54, 1.807) is 4.90 Å². The number of rotatable bonds is 3. The van der Waals surface area contributed by atoms with E-state index in [0.717, 1.165) is 37.1 Å². The van der Waals surface area contributed by atoms with Gasteiger partial charge in [0.05, 0.1) is 11.4 Å². The fraction of sp³-hybridized carbons (Fsp3) is 0.588. The highest BCUT2D eigenvalue weighted by Crippen LogP contribution is 2.30. The molecule has 1 amide bonds. The van der Waals surface area contributed by atoms with E-state index in [9.17, 15) is 9.90 Å². The summed E-state index contributed by atoms with van der Waals surface area (Å²) in [5, 5.41) is 13.0. The molecule has 0 heterocycles. The quantitative estimate of drug-likeness (QED) is 0.743. The molecule has 0 saturated heterocycles. The molecule has 0 spiro atoms. The van der Waals surface area contributed by atoms with E-state index in [1.807, 2.05) is 45.0 Å². The maximum Gasteiger partial charge on any atom is 0.407 e. The Hall–Kier alpha value is -1.91. The first-order valence-corrected chi connectivity index (χ1v) is 7.92. The summed E-state index contributed by atoms with van der Waals surface area (Å²) in [6.45, 7) is 5.86. The number of hydrogen-bond donors (Lipinski definition) is 3. The minimum Gasteiger partial charge on any atom is -0.465 e. The van der Waals surface area contributed by atoms with E-state index in [-0.39, 0.29) is 11.6 Å². The van der Waals surface area contributed by atoms with Gasteiger partial charge in [-0.05, 0) is 58.6 Å². The van der Waals surface area contributed by atoms with Crippen LogP contribution in [0.25, 0.3) is 0 Å². The van der Waals surface area contributed by atoms with Crippen molar-refractivity contribution in [1.82, 2.24) is 4.90 Å². The van der Waals surface area contributed by atoms with E-state index in [1.165, 1.54) is 0 Å². The highest BCUT2D eigenvalue weighted by atomic mass is 16.4. The normalized spacial score (nSPS) is 22.1. The van der Waals surface area contributed by atoms with Gasteiger partial charge >= 0.3 is 6.09 Å². The Labute approximate surface area is 132 Å². The minimum absolute atomic E-state index is 0.101. The van der Waals surface area contributed by atoms with Gasteiger partial charge in [-0.2, -0.15) is 0 Å². The van der Waals surface area contributed by atoms with E-state index < -0.39 is 6.09 Å². The average molecular weight is 305 g/mol. The summed E-state index contributed by atoms with van der Waals surface area (Å²) in [7, 11) is 0. The number of carbonyl (C=O) groups is 1. The second kappa shape index (κ2) is 6.46. The summed E-state index contributed by atoms with van der Waals surface area (Å²) in [6, 6.07) is 8.22. The molecule has 1 fully saturated rings. The molecule has 5 heteroatoms. The first-order chi connectivity index (χ1) is 10.3. The second-order valence-corrected chi connectivity index (χ2v) is 7.06. The minimum atomic E-state index is -0.823. The molecule has 1 aliphatic carbocycles. The summed E-state index contributed by atoms with van der Waals surface area (Å²) in [4.78, 5) is 13.2. The van der Waals surface area contributed by atoms with Gasteiger partial charge in [-0.3, -0.25) is 0 Å². The second-order valence-electron chi connectivity index (χ2n) is 7.06. The van der Waals surface area contributed by atoms with Gasteiger partial charge < -0.3 is 21.1 Å². The first-order valence-electron chi connectivity index (χ1n) is 7.92. The number of nitrogens with zero attached hydrogens (tertiary/aromatic N) is 1. The van der Waals surface area contributed by atoms with Gasteiger partial charge in [0.2, 0.25) is 0 Å². The molecule has 5 nitrogen and oxygen atoms in total. The van der Waals surface area contributed by atoms with Crippen molar-refractivity contribution < 1.29 is 9.90 Å². The summed E-state index contributed by atoms with van der Waals surface area (Å²) >= 11 is 0. The van der Waals surface area contributed by atoms with Crippen LogP contribution in [0.3, 0.4) is 0 Å². The third-order valence-corrected chi connectivity index (χ3v) is 4.31. The molecule has 2 rings (SSSR count). The molecular weight excluding hydrogens is 278 g/mol. The third kappa shape index (κ3) is 3.84. The predicted octanol–water partition coefficient (Wildman–Crippen LogP) is 3.77. The summed E-state index contributed by atoms with van der Waals surface area (Å²) in [5.74, 6) is 0. The fourth-order valence-corrected chi connectivity index (χ4v) is 3.32. The van der Waals surface area contributed by atoms with Crippen molar-refractivity contribution in [2.75, 3.05) is 11.1 Å². The summed E-state index contributed by atoms with van der Waals surface area (Å²) < 4.78 is 0. The number of hydrogen-bond acceptors (Lipinski definition) is 3. The third-order valence-electron chi connectivity index (χ3n) is 4.31. The molecule has 1 aliphatic rings. The molecule has 4 N–H and O–H groups in total.